The van der Waals surface area contributed by atoms with E-state index >= 15 is 0 Å². The Balaban J connectivity index is 2.08. The van der Waals surface area contributed by atoms with Crippen LogP contribution in [0.1, 0.15) is 23.2 Å². The highest BCUT2D eigenvalue weighted by molar-refractivity contribution is 5.96. The molecule has 1 aliphatic rings. The van der Waals surface area contributed by atoms with Crippen molar-refractivity contribution >= 4 is 17.3 Å². The predicted octanol–water partition coefficient (Wildman–Crippen LogP) is 1.78. The Kier molecular flexibility index (Phi) is 3.55. The second-order valence-corrected chi connectivity index (χ2v) is 4.78. The second-order valence-electron chi connectivity index (χ2n) is 4.78. The smallest absolute Gasteiger partial charge is 0.251 e. The average molecular weight is 245 g/mol. The van der Waals surface area contributed by atoms with Crippen LogP contribution in [0, 0.1) is 0 Å². The van der Waals surface area contributed by atoms with Gasteiger partial charge in [-0.1, -0.05) is 12.2 Å². The topological polar surface area (TPSA) is 58.4 Å². The van der Waals surface area contributed by atoms with Gasteiger partial charge in [0, 0.05) is 25.7 Å². The van der Waals surface area contributed by atoms with Crippen LogP contribution in [0.5, 0.6) is 0 Å². The van der Waals surface area contributed by atoms with Crippen LogP contribution in [0.3, 0.4) is 0 Å². The lowest BCUT2D eigenvalue weighted by atomic mass is 10.1. The van der Waals surface area contributed by atoms with E-state index < -0.39 is 0 Å². The molecule has 1 amide bonds. The summed E-state index contributed by atoms with van der Waals surface area (Å²) in [5.74, 6) is -0.0549. The number of nitrogen functional groups attached to an aromatic ring is 1. The van der Waals surface area contributed by atoms with Gasteiger partial charge in [0.15, 0.2) is 0 Å². The number of carbonyl (C=O) groups excluding carboxylic acids is 1. The maximum atomic E-state index is 12.0. The van der Waals surface area contributed by atoms with Gasteiger partial charge in [0.25, 0.3) is 5.91 Å². The molecule has 1 aromatic carbocycles. The molecule has 18 heavy (non-hydrogen) atoms. The zero-order chi connectivity index (χ0) is 13.1. The van der Waals surface area contributed by atoms with Crippen molar-refractivity contribution in [3.63, 3.8) is 0 Å². The van der Waals surface area contributed by atoms with E-state index in [-0.39, 0.29) is 11.9 Å². The molecule has 1 aromatic rings. The Morgan fingerprint density at radius 1 is 1.33 bits per heavy atom. The largest absolute Gasteiger partial charge is 0.397 e. The number of anilines is 2. The van der Waals surface area contributed by atoms with Gasteiger partial charge < -0.3 is 16.0 Å². The lowest BCUT2D eigenvalue weighted by Crippen LogP contribution is -2.32. The minimum Gasteiger partial charge on any atom is -0.397 e. The van der Waals surface area contributed by atoms with Crippen molar-refractivity contribution in [2.75, 3.05) is 24.7 Å². The fourth-order valence-corrected chi connectivity index (χ4v) is 2.11. The van der Waals surface area contributed by atoms with Crippen molar-refractivity contribution in [2.24, 2.45) is 0 Å². The number of benzene rings is 1. The number of nitrogens with two attached hydrogens (primary N) is 1. The van der Waals surface area contributed by atoms with E-state index in [4.69, 9.17) is 5.73 Å². The third-order valence-corrected chi connectivity index (χ3v) is 3.11. The van der Waals surface area contributed by atoms with Crippen molar-refractivity contribution in [1.29, 1.82) is 0 Å². The Morgan fingerprint density at radius 3 is 2.56 bits per heavy atom. The summed E-state index contributed by atoms with van der Waals surface area (Å²) in [4.78, 5) is 14.0. The van der Waals surface area contributed by atoms with Crippen LogP contribution in [-0.2, 0) is 0 Å². The fraction of sp³-hybridized carbons (Fsp3) is 0.357. The second kappa shape index (κ2) is 5.12. The van der Waals surface area contributed by atoms with E-state index in [2.05, 4.69) is 17.5 Å². The molecule has 0 fully saturated rings. The van der Waals surface area contributed by atoms with Gasteiger partial charge in [0.05, 0.1) is 11.4 Å². The quantitative estimate of drug-likeness (QED) is 0.630. The van der Waals surface area contributed by atoms with Crippen molar-refractivity contribution < 1.29 is 4.79 Å². The third kappa shape index (κ3) is 2.64. The summed E-state index contributed by atoms with van der Waals surface area (Å²) in [7, 11) is 3.85. The highest BCUT2D eigenvalue weighted by Gasteiger charge is 2.15. The molecule has 0 spiro atoms. The monoisotopic (exact) mass is 245 g/mol. The lowest BCUT2D eigenvalue weighted by molar-refractivity contribution is 0.0939. The Morgan fingerprint density at radius 2 is 2.00 bits per heavy atom. The maximum absolute atomic E-state index is 12.0. The van der Waals surface area contributed by atoms with Crippen LogP contribution >= 0.6 is 0 Å². The standard InChI is InChI=1S/C14H19N3O/c1-17(2)13-8-7-10(9-12(13)15)14(18)16-11-5-3-4-6-11/h3-4,7-9,11H,5-6,15H2,1-2H3,(H,16,18). The molecule has 4 nitrogen and oxygen atoms in total. The molecule has 0 heterocycles. The molecule has 3 N–H and O–H groups in total. The number of rotatable bonds is 3. The molecular weight excluding hydrogens is 226 g/mol. The first-order valence-electron chi connectivity index (χ1n) is 6.10. The molecular formula is C14H19N3O. The summed E-state index contributed by atoms with van der Waals surface area (Å²) in [6.45, 7) is 0. The number of hydrogen-bond acceptors (Lipinski definition) is 3. The first-order valence-corrected chi connectivity index (χ1v) is 6.10. The molecule has 0 unspecified atom stereocenters. The van der Waals surface area contributed by atoms with E-state index in [9.17, 15) is 4.79 Å². The number of hydrogen-bond donors (Lipinski definition) is 2. The van der Waals surface area contributed by atoms with Gasteiger partial charge in [0.1, 0.15) is 0 Å². The van der Waals surface area contributed by atoms with Crippen LogP contribution < -0.4 is 16.0 Å². The van der Waals surface area contributed by atoms with E-state index in [0.29, 0.717) is 11.3 Å². The minimum atomic E-state index is -0.0549. The van der Waals surface area contributed by atoms with Crippen molar-refractivity contribution in [1.82, 2.24) is 5.32 Å². The molecule has 2 rings (SSSR count). The third-order valence-electron chi connectivity index (χ3n) is 3.11. The summed E-state index contributed by atoms with van der Waals surface area (Å²) in [5, 5.41) is 3.00. The summed E-state index contributed by atoms with van der Waals surface area (Å²) < 4.78 is 0. The van der Waals surface area contributed by atoms with Gasteiger partial charge in [-0.2, -0.15) is 0 Å². The van der Waals surface area contributed by atoms with Gasteiger partial charge in [-0.3, -0.25) is 4.79 Å². The SMILES string of the molecule is CN(C)c1ccc(C(=O)NC2CC=CC2)cc1N. The first-order chi connectivity index (χ1) is 8.58. The average Bonchev–Trinajstić information content (AvgIpc) is 2.81. The molecule has 0 saturated heterocycles. The van der Waals surface area contributed by atoms with Crippen molar-refractivity contribution in [2.45, 2.75) is 18.9 Å². The Hall–Kier alpha value is -1.97. The molecule has 0 atom stereocenters. The van der Waals surface area contributed by atoms with Crippen LogP contribution in [0.25, 0.3) is 0 Å². The molecule has 0 saturated carbocycles. The Labute approximate surface area is 107 Å². The van der Waals surface area contributed by atoms with Gasteiger partial charge in [-0.15, -0.1) is 0 Å². The first kappa shape index (κ1) is 12.5. The van der Waals surface area contributed by atoms with Crippen LogP contribution in [0.2, 0.25) is 0 Å². The fourth-order valence-electron chi connectivity index (χ4n) is 2.11. The maximum Gasteiger partial charge on any atom is 0.251 e. The molecule has 0 bridgehead atoms. The van der Waals surface area contributed by atoms with E-state index in [1.54, 1.807) is 6.07 Å². The summed E-state index contributed by atoms with van der Waals surface area (Å²) in [6, 6.07) is 5.64. The number of nitrogens with zero attached hydrogens (tertiary/aromatic N) is 1. The molecule has 0 aromatic heterocycles. The molecule has 0 radical (unpaired) electrons. The number of nitrogens with one attached hydrogen (secondary N) is 1. The zero-order valence-corrected chi connectivity index (χ0v) is 10.8. The summed E-state index contributed by atoms with van der Waals surface area (Å²) in [5.41, 5.74) is 8.10. The van der Waals surface area contributed by atoms with E-state index in [1.807, 2.05) is 31.1 Å². The van der Waals surface area contributed by atoms with Gasteiger partial charge >= 0.3 is 0 Å². The molecule has 0 aliphatic heterocycles. The van der Waals surface area contributed by atoms with Crippen LogP contribution in [0.15, 0.2) is 30.4 Å². The highest BCUT2D eigenvalue weighted by Crippen LogP contribution is 2.22. The number of amides is 1. The Bertz CT molecular complexity index is 472. The summed E-state index contributed by atoms with van der Waals surface area (Å²) in [6.07, 6.45) is 6.01. The van der Waals surface area contributed by atoms with Gasteiger partial charge in [-0.25, -0.2) is 0 Å². The van der Waals surface area contributed by atoms with Gasteiger partial charge in [0.2, 0.25) is 0 Å². The van der Waals surface area contributed by atoms with Gasteiger partial charge in [-0.05, 0) is 31.0 Å². The molecule has 4 heteroatoms. The minimum absolute atomic E-state index is 0.0549. The van der Waals surface area contributed by atoms with E-state index in [0.717, 1.165) is 18.5 Å². The van der Waals surface area contributed by atoms with Crippen LogP contribution in [-0.4, -0.2) is 26.0 Å². The molecule has 96 valence electrons. The number of carbonyl (C=O) groups is 1. The predicted molar refractivity (Wildman–Crippen MR) is 74.8 cm³/mol. The highest BCUT2D eigenvalue weighted by atomic mass is 16.1. The lowest BCUT2D eigenvalue weighted by Gasteiger charge is -2.17. The normalized spacial score (nSPS) is 14.8. The van der Waals surface area contributed by atoms with Crippen molar-refractivity contribution in [3.05, 3.63) is 35.9 Å². The zero-order valence-electron chi connectivity index (χ0n) is 10.8. The molecule has 1 aliphatic carbocycles. The van der Waals surface area contributed by atoms with E-state index in [1.165, 1.54) is 0 Å². The van der Waals surface area contributed by atoms with Crippen LogP contribution in [0.4, 0.5) is 11.4 Å². The van der Waals surface area contributed by atoms with Crippen molar-refractivity contribution in [3.8, 4) is 0 Å². The summed E-state index contributed by atoms with van der Waals surface area (Å²) >= 11 is 0.